The maximum absolute atomic E-state index is 6.13. The van der Waals surface area contributed by atoms with Crippen molar-refractivity contribution in [3.8, 4) is 5.75 Å². The maximum Gasteiger partial charge on any atom is 0.138 e. The fraction of sp³-hybridized carbons (Fsp3) is 0.538. The van der Waals surface area contributed by atoms with Crippen molar-refractivity contribution in [1.29, 1.82) is 0 Å². The first-order chi connectivity index (χ1) is 7.65. The molecule has 0 spiro atoms. The minimum absolute atomic E-state index is 0.0494. The standard InChI is InChI=1S/C13H18ClNO/c1-10-3-4-11(14)12(9-10)16-13(7-8-15)5-2-6-13/h3-4,9H,2,5-8,15H2,1H3. The summed E-state index contributed by atoms with van der Waals surface area (Å²) in [5.41, 5.74) is 6.75. The van der Waals surface area contributed by atoms with Crippen LogP contribution in [0.3, 0.4) is 0 Å². The van der Waals surface area contributed by atoms with Gasteiger partial charge in [0, 0.05) is 0 Å². The monoisotopic (exact) mass is 239 g/mol. The van der Waals surface area contributed by atoms with Gasteiger partial charge in [0.1, 0.15) is 11.4 Å². The highest BCUT2D eigenvalue weighted by Crippen LogP contribution is 2.41. The van der Waals surface area contributed by atoms with Gasteiger partial charge in [-0.2, -0.15) is 0 Å². The zero-order chi connectivity index (χ0) is 11.6. The highest BCUT2D eigenvalue weighted by molar-refractivity contribution is 6.32. The molecule has 0 bridgehead atoms. The molecule has 16 heavy (non-hydrogen) atoms. The van der Waals surface area contributed by atoms with Crippen molar-refractivity contribution in [2.24, 2.45) is 5.73 Å². The lowest BCUT2D eigenvalue weighted by Gasteiger charge is -2.42. The molecule has 1 aromatic rings. The summed E-state index contributed by atoms with van der Waals surface area (Å²) in [7, 11) is 0. The van der Waals surface area contributed by atoms with Crippen LogP contribution < -0.4 is 10.5 Å². The molecule has 0 atom stereocenters. The van der Waals surface area contributed by atoms with Gasteiger partial charge in [-0.05, 0) is 56.8 Å². The molecule has 88 valence electrons. The van der Waals surface area contributed by atoms with Crippen LogP contribution in [0, 0.1) is 6.92 Å². The molecule has 1 aliphatic rings. The summed E-state index contributed by atoms with van der Waals surface area (Å²) in [6.07, 6.45) is 4.32. The van der Waals surface area contributed by atoms with Gasteiger partial charge in [0.05, 0.1) is 5.02 Å². The van der Waals surface area contributed by atoms with E-state index in [2.05, 4.69) is 0 Å². The topological polar surface area (TPSA) is 35.2 Å². The molecular formula is C13H18ClNO. The SMILES string of the molecule is Cc1ccc(Cl)c(OC2(CCN)CCC2)c1. The Morgan fingerprint density at radius 2 is 2.19 bits per heavy atom. The van der Waals surface area contributed by atoms with Crippen LogP contribution in [-0.2, 0) is 0 Å². The Morgan fingerprint density at radius 3 is 2.75 bits per heavy atom. The summed E-state index contributed by atoms with van der Waals surface area (Å²) < 4.78 is 6.08. The lowest BCUT2D eigenvalue weighted by Crippen LogP contribution is -2.44. The van der Waals surface area contributed by atoms with E-state index in [1.165, 1.54) is 12.0 Å². The van der Waals surface area contributed by atoms with E-state index < -0.39 is 0 Å². The summed E-state index contributed by atoms with van der Waals surface area (Å²) in [5.74, 6) is 0.801. The molecular weight excluding hydrogens is 222 g/mol. The zero-order valence-electron chi connectivity index (χ0n) is 9.63. The molecule has 1 saturated carbocycles. The fourth-order valence-corrected chi connectivity index (χ4v) is 2.32. The molecule has 2 nitrogen and oxygen atoms in total. The number of hydrogen-bond acceptors (Lipinski definition) is 2. The number of ether oxygens (including phenoxy) is 1. The van der Waals surface area contributed by atoms with Crippen molar-refractivity contribution in [1.82, 2.24) is 0 Å². The van der Waals surface area contributed by atoms with Gasteiger partial charge < -0.3 is 10.5 Å². The summed E-state index contributed by atoms with van der Waals surface area (Å²) in [6, 6.07) is 5.88. The predicted octanol–water partition coefficient (Wildman–Crippen LogP) is 3.30. The van der Waals surface area contributed by atoms with Crippen molar-refractivity contribution in [3.05, 3.63) is 28.8 Å². The molecule has 1 fully saturated rings. The second kappa shape index (κ2) is 4.64. The Hall–Kier alpha value is -0.730. The van der Waals surface area contributed by atoms with Crippen LogP contribution in [0.4, 0.5) is 0 Å². The van der Waals surface area contributed by atoms with Crippen LogP contribution in [-0.4, -0.2) is 12.1 Å². The van der Waals surface area contributed by atoms with Crippen LogP contribution >= 0.6 is 11.6 Å². The van der Waals surface area contributed by atoms with Crippen LogP contribution in [0.1, 0.15) is 31.2 Å². The molecule has 0 amide bonds. The Bertz CT molecular complexity index is 374. The minimum Gasteiger partial charge on any atom is -0.486 e. The second-order valence-electron chi connectivity index (χ2n) is 4.61. The van der Waals surface area contributed by atoms with E-state index in [0.717, 1.165) is 25.0 Å². The van der Waals surface area contributed by atoms with Gasteiger partial charge >= 0.3 is 0 Å². The van der Waals surface area contributed by atoms with E-state index >= 15 is 0 Å². The molecule has 0 saturated heterocycles. The third kappa shape index (κ3) is 2.33. The normalized spacial score (nSPS) is 17.9. The van der Waals surface area contributed by atoms with E-state index in [1.807, 2.05) is 25.1 Å². The van der Waals surface area contributed by atoms with E-state index in [-0.39, 0.29) is 5.60 Å². The fourth-order valence-electron chi connectivity index (χ4n) is 2.16. The highest BCUT2D eigenvalue weighted by Gasteiger charge is 2.38. The van der Waals surface area contributed by atoms with E-state index in [9.17, 15) is 0 Å². The summed E-state index contributed by atoms with van der Waals surface area (Å²) in [4.78, 5) is 0. The van der Waals surface area contributed by atoms with Crippen molar-refractivity contribution >= 4 is 11.6 Å². The summed E-state index contributed by atoms with van der Waals surface area (Å²) >= 11 is 6.13. The van der Waals surface area contributed by atoms with Crippen LogP contribution in [0.5, 0.6) is 5.75 Å². The number of halogens is 1. The minimum atomic E-state index is -0.0494. The van der Waals surface area contributed by atoms with Crippen LogP contribution in [0.15, 0.2) is 18.2 Å². The Labute approximate surface area is 102 Å². The predicted molar refractivity (Wildman–Crippen MR) is 67.1 cm³/mol. The lowest BCUT2D eigenvalue weighted by molar-refractivity contribution is -0.0124. The van der Waals surface area contributed by atoms with Gasteiger partial charge in [0.15, 0.2) is 0 Å². The molecule has 1 aliphatic carbocycles. The average Bonchev–Trinajstić information content (AvgIpc) is 2.20. The molecule has 1 aromatic carbocycles. The largest absolute Gasteiger partial charge is 0.486 e. The van der Waals surface area contributed by atoms with E-state index in [0.29, 0.717) is 11.6 Å². The molecule has 2 N–H and O–H groups in total. The van der Waals surface area contributed by atoms with Gasteiger partial charge in [-0.3, -0.25) is 0 Å². The number of benzene rings is 1. The first-order valence-corrected chi connectivity index (χ1v) is 6.18. The molecule has 0 aliphatic heterocycles. The molecule has 0 unspecified atom stereocenters. The number of aryl methyl sites for hydroxylation is 1. The Kier molecular flexibility index (Phi) is 3.41. The maximum atomic E-state index is 6.13. The average molecular weight is 240 g/mol. The number of hydrogen-bond donors (Lipinski definition) is 1. The molecule has 0 radical (unpaired) electrons. The van der Waals surface area contributed by atoms with Gasteiger partial charge in [0.25, 0.3) is 0 Å². The van der Waals surface area contributed by atoms with Crippen LogP contribution in [0.25, 0.3) is 0 Å². The van der Waals surface area contributed by atoms with Crippen molar-refractivity contribution in [2.75, 3.05) is 6.54 Å². The third-order valence-electron chi connectivity index (χ3n) is 3.28. The molecule has 3 heteroatoms. The lowest BCUT2D eigenvalue weighted by atomic mass is 9.77. The number of rotatable bonds is 4. The molecule has 0 heterocycles. The zero-order valence-corrected chi connectivity index (χ0v) is 10.4. The third-order valence-corrected chi connectivity index (χ3v) is 3.59. The Morgan fingerprint density at radius 1 is 1.44 bits per heavy atom. The summed E-state index contributed by atoms with van der Waals surface area (Å²) in [6.45, 7) is 2.71. The van der Waals surface area contributed by atoms with Gasteiger partial charge in [0.2, 0.25) is 0 Å². The van der Waals surface area contributed by atoms with E-state index in [4.69, 9.17) is 22.1 Å². The van der Waals surface area contributed by atoms with Gasteiger partial charge in [-0.15, -0.1) is 0 Å². The van der Waals surface area contributed by atoms with Gasteiger partial charge in [-0.1, -0.05) is 17.7 Å². The highest BCUT2D eigenvalue weighted by atomic mass is 35.5. The van der Waals surface area contributed by atoms with Gasteiger partial charge in [-0.25, -0.2) is 0 Å². The van der Waals surface area contributed by atoms with Crippen molar-refractivity contribution in [3.63, 3.8) is 0 Å². The smallest absolute Gasteiger partial charge is 0.138 e. The van der Waals surface area contributed by atoms with Crippen molar-refractivity contribution < 1.29 is 4.74 Å². The van der Waals surface area contributed by atoms with Crippen LogP contribution in [0.2, 0.25) is 5.02 Å². The molecule has 0 aromatic heterocycles. The second-order valence-corrected chi connectivity index (χ2v) is 5.02. The quantitative estimate of drug-likeness (QED) is 0.875. The molecule has 2 rings (SSSR count). The first kappa shape index (κ1) is 11.7. The summed E-state index contributed by atoms with van der Waals surface area (Å²) in [5, 5.41) is 0.689. The Balaban J connectivity index is 2.15. The first-order valence-electron chi connectivity index (χ1n) is 5.80. The van der Waals surface area contributed by atoms with Crippen molar-refractivity contribution in [2.45, 2.75) is 38.2 Å². The number of nitrogens with two attached hydrogens (primary N) is 1. The van der Waals surface area contributed by atoms with E-state index in [1.54, 1.807) is 0 Å².